The second-order valence-corrected chi connectivity index (χ2v) is 22.8. The van der Waals surface area contributed by atoms with E-state index < -0.39 is 77.0 Å². The second kappa shape index (κ2) is 25.4. The van der Waals surface area contributed by atoms with E-state index in [0.717, 1.165) is 22.3 Å². The molecule has 1 unspecified atom stereocenters. The molecule has 17 nitrogen and oxygen atoms in total. The zero-order valence-electron chi connectivity index (χ0n) is 45.5. The van der Waals surface area contributed by atoms with Crippen molar-refractivity contribution in [1.29, 1.82) is 0 Å². The zero-order chi connectivity index (χ0) is 53.8. The molecule has 7 N–H and O–H groups in total. The van der Waals surface area contributed by atoms with Gasteiger partial charge in [-0.15, -0.1) is 24.8 Å². The summed E-state index contributed by atoms with van der Waals surface area (Å²) in [6.07, 6.45) is 3.69. The van der Waals surface area contributed by atoms with E-state index >= 15 is 0 Å². The molecule has 7 rings (SSSR count). The van der Waals surface area contributed by atoms with Crippen molar-refractivity contribution in [1.82, 2.24) is 47.0 Å². The van der Waals surface area contributed by atoms with Gasteiger partial charge in [-0.2, -0.15) is 0 Å². The van der Waals surface area contributed by atoms with Crippen LogP contribution < -0.4 is 37.2 Å². The van der Waals surface area contributed by atoms with Gasteiger partial charge in [0.15, 0.2) is 0 Å². The highest BCUT2D eigenvalue weighted by Gasteiger charge is 2.46. The molecule has 2 heterocycles. The lowest BCUT2D eigenvalue weighted by atomic mass is 9.85. The third-order valence-corrected chi connectivity index (χ3v) is 15.5. The highest BCUT2D eigenvalue weighted by Crippen LogP contribution is 2.35. The number of likely N-dealkylation sites (tertiary alicyclic amines) is 2. The van der Waals surface area contributed by atoms with Gasteiger partial charge in [0.25, 0.3) is 11.8 Å². The van der Waals surface area contributed by atoms with Crippen LogP contribution in [-0.2, 0) is 41.6 Å². The molecule has 4 aliphatic rings. The van der Waals surface area contributed by atoms with Crippen LogP contribution in [0.2, 0.25) is 0 Å². The molecule has 3 aromatic rings. The zero-order valence-corrected chi connectivity index (χ0v) is 47.2. The maximum absolute atomic E-state index is 14.3. The lowest BCUT2D eigenvalue weighted by molar-refractivity contribution is -0.144. The first-order chi connectivity index (χ1) is 35.0. The molecule has 414 valence electrons. The normalized spacial score (nSPS) is 22.2. The van der Waals surface area contributed by atoms with Crippen LogP contribution in [0.1, 0.15) is 149 Å². The summed E-state index contributed by atoms with van der Waals surface area (Å²) in [4.78, 5) is 114. The molecular formula is C57H79Cl2N9O8. The first-order valence-electron chi connectivity index (χ1n) is 26.4. The van der Waals surface area contributed by atoms with Crippen molar-refractivity contribution in [2.24, 2.45) is 16.7 Å². The quantitative estimate of drug-likeness (QED) is 0.0993. The number of fused-ring (bicyclic) bond motifs is 2. The summed E-state index contributed by atoms with van der Waals surface area (Å²) in [6.45, 7) is 17.5. The van der Waals surface area contributed by atoms with E-state index in [-0.39, 0.29) is 66.2 Å². The van der Waals surface area contributed by atoms with Crippen LogP contribution in [0.15, 0.2) is 72.8 Å². The predicted octanol–water partition coefficient (Wildman–Crippen LogP) is 5.25. The molecule has 0 saturated carbocycles. The van der Waals surface area contributed by atoms with Gasteiger partial charge in [-0.3, -0.25) is 38.4 Å². The van der Waals surface area contributed by atoms with Gasteiger partial charge >= 0.3 is 0 Å². The molecular weight excluding hydrogens is 1010 g/mol. The predicted molar refractivity (Wildman–Crippen MR) is 296 cm³/mol. The third kappa shape index (κ3) is 13.5. The van der Waals surface area contributed by atoms with E-state index in [9.17, 15) is 38.4 Å². The number of benzene rings is 3. The maximum atomic E-state index is 14.3. The summed E-state index contributed by atoms with van der Waals surface area (Å²) in [6, 6.07) is 15.7. The van der Waals surface area contributed by atoms with Crippen LogP contribution >= 0.6 is 24.8 Å². The fourth-order valence-corrected chi connectivity index (χ4v) is 10.7. The fourth-order valence-electron chi connectivity index (χ4n) is 10.7. The van der Waals surface area contributed by atoms with Crippen molar-refractivity contribution < 1.29 is 38.4 Å². The van der Waals surface area contributed by atoms with E-state index in [2.05, 4.69) is 37.2 Å². The Morgan fingerprint density at radius 3 is 1.32 bits per heavy atom. The number of nitrogens with zero attached hydrogens (tertiary/aromatic N) is 2. The van der Waals surface area contributed by atoms with E-state index in [1.54, 1.807) is 48.0 Å². The van der Waals surface area contributed by atoms with Gasteiger partial charge in [0, 0.05) is 30.1 Å². The number of carbonyl (C=O) groups excluding carboxylic acids is 8. The molecule has 0 radical (unpaired) electrons. The Morgan fingerprint density at radius 2 is 0.947 bits per heavy atom. The molecule has 8 amide bonds. The molecule has 2 fully saturated rings. The molecule has 76 heavy (non-hydrogen) atoms. The summed E-state index contributed by atoms with van der Waals surface area (Å²) >= 11 is 0. The van der Waals surface area contributed by atoms with E-state index in [4.69, 9.17) is 0 Å². The molecule has 0 aromatic heterocycles. The Balaban J connectivity index is 0.00000533. The van der Waals surface area contributed by atoms with Crippen molar-refractivity contribution in [3.63, 3.8) is 0 Å². The van der Waals surface area contributed by atoms with Gasteiger partial charge in [0.1, 0.15) is 24.2 Å². The van der Waals surface area contributed by atoms with Crippen LogP contribution in [0.4, 0.5) is 0 Å². The fraction of sp³-hybridized carbons (Fsp3) is 0.544. The van der Waals surface area contributed by atoms with Gasteiger partial charge in [-0.05, 0) is 116 Å². The number of nitrogens with one attached hydrogen (secondary N) is 7. The molecule has 2 aliphatic heterocycles. The maximum Gasteiger partial charge on any atom is 0.251 e. The smallest absolute Gasteiger partial charge is 0.251 e. The van der Waals surface area contributed by atoms with Gasteiger partial charge < -0.3 is 47.0 Å². The SMILES string of the molecule is CC[C@@H](C)C(=O)N[C@H](C(=O)N1CCCC1C(=O)N[C@H]1c2ccccc2C[C@@H]1NC(=O)c1ccc(C(=O)N[C@H]2Cc3ccccc3[C@@H]2NC(=O)[C@@H]2CCCN2C(=O)[C@@H](NC(=O)[C@H](C)NC)C(C)(C)C)cc1)C(C)(C)C.Cl.Cl. The summed E-state index contributed by atoms with van der Waals surface area (Å²) in [5.74, 6) is -2.87. The number of halogens is 2. The standard InChI is InChI=1S/C57H77N9O8.2ClH/c1-11-32(2)48(67)63-46(56(4,5)6)54(73)65-28-16-22-42(65)52(71)61-44-38-20-14-12-18-36(38)30-40(44)59-50(69)34-24-26-35(27-25-34)51(70)60-41-31-37-19-13-15-21-39(37)45(41)62-53(72)43-23-17-29-66(43)55(74)47(57(7,8)9)64-49(68)33(3)58-10;;/h12-15,18-21,24-27,32-33,40-47,58H,11,16-17,22-23,28-31H2,1-10H3,(H,59,69)(H,60,70)(H,61,71)(H,62,72)(H,63,67)(H,64,68);2*1H/t32-,33+,40+,41+,42?,43+,44+,45+,46-,47-;;/m1../s1. The molecule has 2 aliphatic carbocycles. The van der Waals surface area contributed by atoms with E-state index in [1.807, 2.05) is 104 Å². The number of amides is 8. The van der Waals surface area contributed by atoms with E-state index in [0.29, 0.717) is 69.2 Å². The lowest BCUT2D eigenvalue weighted by Gasteiger charge is -2.36. The highest BCUT2D eigenvalue weighted by molar-refractivity contribution is 5.99. The van der Waals surface area contributed by atoms with Crippen molar-refractivity contribution in [2.75, 3.05) is 20.1 Å². The van der Waals surface area contributed by atoms with Gasteiger partial charge in [0.2, 0.25) is 35.4 Å². The molecule has 2 saturated heterocycles. The number of hydrogen-bond acceptors (Lipinski definition) is 9. The monoisotopic (exact) mass is 1090 g/mol. The average Bonchev–Trinajstić information content (AvgIpc) is 4.19. The summed E-state index contributed by atoms with van der Waals surface area (Å²) in [5.41, 5.74) is 3.05. The van der Waals surface area contributed by atoms with Gasteiger partial charge in [-0.1, -0.05) is 104 Å². The Morgan fingerprint density at radius 1 is 0.566 bits per heavy atom. The number of likely N-dealkylation sites (N-methyl/N-ethyl adjacent to an activating group) is 1. The summed E-state index contributed by atoms with van der Waals surface area (Å²) in [7, 11) is 1.67. The van der Waals surface area contributed by atoms with Crippen molar-refractivity contribution in [3.05, 3.63) is 106 Å². The lowest BCUT2D eigenvalue weighted by Crippen LogP contribution is -2.59. The van der Waals surface area contributed by atoms with Crippen molar-refractivity contribution >= 4 is 72.1 Å². The Labute approximate surface area is 460 Å². The molecule has 19 heteroatoms. The van der Waals surface area contributed by atoms with Gasteiger partial charge in [0.05, 0.1) is 30.2 Å². The average molecular weight is 1090 g/mol. The highest BCUT2D eigenvalue weighted by atomic mass is 35.5. The minimum Gasteiger partial charge on any atom is -0.347 e. The molecule has 3 aromatic carbocycles. The number of rotatable bonds is 16. The Hall–Kier alpha value is -6.04. The molecule has 0 spiro atoms. The summed E-state index contributed by atoms with van der Waals surface area (Å²) < 4.78 is 0. The van der Waals surface area contributed by atoms with E-state index in [1.165, 1.54) is 0 Å². The Bertz CT molecular complexity index is 2440. The largest absolute Gasteiger partial charge is 0.347 e. The van der Waals surface area contributed by atoms with Crippen molar-refractivity contribution in [3.8, 4) is 0 Å². The molecule has 10 atom stereocenters. The minimum absolute atomic E-state index is 0. The first-order valence-corrected chi connectivity index (χ1v) is 26.4. The minimum atomic E-state index is -0.863. The van der Waals surface area contributed by atoms with Crippen LogP contribution in [-0.4, -0.2) is 119 Å². The Kier molecular flexibility index (Phi) is 20.3. The van der Waals surface area contributed by atoms with Crippen LogP contribution in [0, 0.1) is 16.7 Å². The van der Waals surface area contributed by atoms with Crippen LogP contribution in [0.25, 0.3) is 0 Å². The second-order valence-electron chi connectivity index (χ2n) is 22.8. The summed E-state index contributed by atoms with van der Waals surface area (Å²) in [5, 5.41) is 21.4. The van der Waals surface area contributed by atoms with Crippen LogP contribution in [0.3, 0.4) is 0 Å². The van der Waals surface area contributed by atoms with Gasteiger partial charge in [-0.25, -0.2) is 0 Å². The number of carbonyl (C=O) groups is 8. The van der Waals surface area contributed by atoms with Crippen LogP contribution in [0.5, 0.6) is 0 Å². The van der Waals surface area contributed by atoms with Crippen molar-refractivity contribution in [2.45, 2.75) is 162 Å². The molecule has 0 bridgehead atoms. The first kappa shape index (κ1) is 60.8. The number of hydrogen-bond donors (Lipinski definition) is 7. The third-order valence-electron chi connectivity index (χ3n) is 15.5. The topological polar surface area (TPSA) is 227 Å².